The summed E-state index contributed by atoms with van der Waals surface area (Å²) in [5.41, 5.74) is 1.27. The average molecular weight is 745 g/mol. The molecule has 1 aliphatic carbocycles. The lowest BCUT2D eigenvalue weighted by atomic mass is 9.78. The molecule has 1 aliphatic heterocycles. The summed E-state index contributed by atoms with van der Waals surface area (Å²) in [4.78, 5) is 58.8. The fraction of sp³-hybridized carbons (Fsp3) is 0.526. The number of aryl methyl sites for hydroxylation is 1. The number of hydrazine groups is 1. The molecule has 0 spiro atoms. The maximum absolute atomic E-state index is 14.7. The van der Waals surface area contributed by atoms with Gasteiger partial charge in [0.15, 0.2) is 0 Å². The van der Waals surface area contributed by atoms with E-state index in [0.29, 0.717) is 50.4 Å². The van der Waals surface area contributed by atoms with E-state index in [4.69, 9.17) is 4.74 Å². The third-order valence-electron chi connectivity index (χ3n) is 10.6. The van der Waals surface area contributed by atoms with Crippen LogP contribution in [0.25, 0.3) is 10.9 Å². The van der Waals surface area contributed by atoms with Crippen molar-refractivity contribution in [3.8, 4) is 0 Å². The van der Waals surface area contributed by atoms with Crippen LogP contribution in [0.4, 0.5) is 17.6 Å². The third kappa shape index (κ3) is 9.01. The van der Waals surface area contributed by atoms with E-state index in [1.54, 1.807) is 24.1 Å². The van der Waals surface area contributed by atoms with Crippen molar-refractivity contribution < 1.29 is 41.5 Å². The van der Waals surface area contributed by atoms with E-state index >= 15 is 0 Å². The highest BCUT2D eigenvalue weighted by Crippen LogP contribution is 2.40. The van der Waals surface area contributed by atoms with Crippen LogP contribution in [0.3, 0.4) is 0 Å². The predicted molar refractivity (Wildman–Crippen MR) is 190 cm³/mol. The van der Waals surface area contributed by atoms with Crippen molar-refractivity contribution in [3.05, 3.63) is 70.7 Å². The number of aromatic nitrogens is 1. The minimum atomic E-state index is -4.64. The number of fused-ring (bicyclic) bond motifs is 3. The Labute approximate surface area is 305 Å². The number of hydrogen-bond donors (Lipinski definition) is 5. The van der Waals surface area contributed by atoms with Crippen molar-refractivity contribution in [3.63, 3.8) is 0 Å². The van der Waals surface area contributed by atoms with Crippen molar-refractivity contribution in [2.45, 2.75) is 90.0 Å². The Morgan fingerprint density at radius 3 is 2.23 bits per heavy atom. The van der Waals surface area contributed by atoms with E-state index in [1.807, 2.05) is 20.8 Å². The molecule has 1 fully saturated rings. The standard InChI is InChI=1S/C38H48F4N6O5/c1-5-22(3)31(44-30(49)20-24-10-7-8-13-28(24)39)34(50)46-37(36(52)45-32(23(4)6-2)35(51)47-48-16-18-53-19-17-48)15-14-29-26(21-37)25-11-9-12-27(33(25)43-29)38(40,41)42/h7-13,22-23,31-32,43H,5-6,14-21H2,1-4H3,(H,44,49)(H,45,52)(H,46,50)(H,47,51)/t22?,23?,31-,32-,37+/m0/s1. The number of nitrogens with zero attached hydrogens (tertiary/aromatic N) is 1. The molecule has 5 atom stereocenters. The van der Waals surface area contributed by atoms with Crippen LogP contribution in [0.2, 0.25) is 0 Å². The summed E-state index contributed by atoms with van der Waals surface area (Å²) in [5, 5.41) is 10.5. The topological polar surface area (TPSA) is 145 Å². The first-order valence-electron chi connectivity index (χ1n) is 18.2. The molecule has 0 radical (unpaired) electrons. The Morgan fingerprint density at radius 2 is 1.58 bits per heavy atom. The van der Waals surface area contributed by atoms with Gasteiger partial charge in [0.25, 0.3) is 5.91 Å². The first-order chi connectivity index (χ1) is 25.2. The van der Waals surface area contributed by atoms with E-state index in [-0.39, 0.29) is 48.1 Å². The van der Waals surface area contributed by atoms with Crippen LogP contribution >= 0.6 is 0 Å². The number of rotatable bonds is 13. The second kappa shape index (κ2) is 16.7. The van der Waals surface area contributed by atoms with E-state index < -0.39 is 64.7 Å². The lowest BCUT2D eigenvalue weighted by Crippen LogP contribution is -2.67. The lowest BCUT2D eigenvalue weighted by Gasteiger charge is -2.40. The number of benzene rings is 2. The average Bonchev–Trinajstić information content (AvgIpc) is 3.50. The number of hydrogen-bond acceptors (Lipinski definition) is 6. The number of amides is 4. The summed E-state index contributed by atoms with van der Waals surface area (Å²) in [6.45, 7) is 9.03. The number of nitrogens with one attached hydrogen (secondary N) is 5. The first-order valence-corrected chi connectivity index (χ1v) is 18.2. The van der Waals surface area contributed by atoms with E-state index in [1.165, 1.54) is 24.3 Å². The molecule has 2 aromatic carbocycles. The van der Waals surface area contributed by atoms with Gasteiger partial charge in [0.2, 0.25) is 17.7 Å². The Morgan fingerprint density at radius 1 is 0.925 bits per heavy atom. The highest BCUT2D eigenvalue weighted by atomic mass is 19.4. The predicted octanol–water partition coefficient (Wildman–Crippen LogP) is 4.34. The molecule has 15 heteroatoms. The zero-order valence-electron chi connectivity index (χ0n) is 30.4. The van der Waals surface area contributed by atoms with Crippen LogP contribution < -0.4 is 21.4 Å². The van der Waals surface area contributed by atoms with E-state index in [2.05, 4.69) is 26.4 Å². The number of carbonyl (C=O) groups excluding carboxylic acids is 4. The molecular formula is C38H48F4N6O5. The van der Waals surface area contributed by atoms with Gasteiger partial charge in [-0.15, -0.1) is 0 Å². The Balaban J connectivity index is 1.49. The first kappa shape index (κ1) is 39.7. The molecule has 4 amide bonds. The fourth-order valence-corrected chi connectivity index (χ4v) is 7.00. The van der Waals surface area contributed by atoms with Crippen molar-refractivity contribution in [2.75, 3.05) is 26.3 Å². The minimum absolute atomic E-state index is 0.0134. The molecule has 1 saturated heterocycles. The van der Waals surface area contributed by atoms with E-state index in [9.17, 15) is 36.7 Å². The van der Waals surface area contributed by atoms with Gasteiger partial charge in [0.1, 0.15) is 23.4 Å². The van der Waals surface area contributed by atoms with Gasteiger partial charge in [-0.3, -0.25) is 24.6 Å². The molecule has 0 saturated carbocycles. The number of halogens is 4. The smallest absolute Gasteiger partial charge is 0.379 e. The lowest BCUT2D eigenvalue weighted by molar-refractivity contribution is -0.140. The monoisotopic (exact) mass is 744 g/mol. The molecule has 5 rings (SSSR count). The van der Waals surface area contributed by atoms with Gasteiger partial charge in [-0.25, -0.2) is 9.40 Å². The fourth-order valence-electron chi connectivity index (χ4n) is 7.00. The summed E-state index contributed by atoms with van der Waals surface area (Å²) >= 11 is 0. The molecule has 2 heterocycles. The van der Waals surface area contributed by atoms with Crippen LogP contribution in [0.5, 0.6) is 0 Å². The van der Waals surface area contributed by atoms with Crippen LogP contribution in [-0.2, 0) is 49.4 Å². The molecule has 0 bridgehead atoms. The molecule has 2 aliphatic rings. The van der Waals surface area contributed by atoms with Gasteiger partial charge in [-0.2, -0.15) is 13.2 Å². The summed E-state index contributed by atoms with van der Waals surface area (Å²) in [5.74, 6) is -3.75. The SMILES string of the molecule is CCC(C)[C@H](NC(=O)Cc1ccccc1F)C(=O)N[C@]1(C(=O)N[C@H](C(=O)NN2CCOCC2)C(C)CC)CCc2[nH]c3c(C(F)(F)F)cccc3c2C1. The molecule has 1 aromatic heterocycles. The Hall–Kier alpha value is -4.50. The second-order valence-corrected chi connectivity index (χ2v) is 14.2. The van der Waals surface area contributed by atoms with Gasteiger partial charge in [-0.1, -0.05) is 70.9 Å². The summed E-state index contributed by atoms with van der Waals surface area (Å²) in [7, 11) is 0. The molecule has 5 N–H and O–H groups in total. The van der Waals surface area contributed by atoms with Crippen LogP contribution in [0, 0.1) is 17.7 Å². The quantitative estimate of drug-likeness (QED) is 0.165. The van der Waals surface area contributed by atoms with Gasteiger partial charge in [-0.05, 0) is 47.9 Å². The molecule has 2 unspecified atom stereocenters. The summed E-state index contributed by atoms with van der Waals surface area (Å²) < 4.78 is 61.9. The largest absolute Gasteiger partial charge is 0.418 e. The number of alkyl halides is 3. The minimum Gasteiger partial charge on any atom is -0.379 e. The van der Waals surface area contributed by atoms with Gasteiger partial charge in [0.05, 0.1) is 30.7 Å². The zero-order chi connectivity index (χ0) is 38.5. The highest BCUT2D eigenvalue weighted by Gasteiger charge is 2.47. The molecule has 53 heavy (non-hydrogen) atoms. The van der Waals surface area contributed by atoms with Crippen molar-refractivity contribution in [1.82, 2.24) is 31.4 Å². The van der Waals surface area contributed by atoms with Crippen LogP contribution in [0.15, 0.2) is 42.5 Å². The molecule has 11 nitrogen and oxygen atoms in total. The third-order valence-corrected chi connectivity index (χ3v) is 10.6. The second-order valence-electron chi connectivity index (χ2n) is 14.2. The zero-order valence-corrected chi connectivity index (χ0v) is 30.4. The van der Waals surface area contributed by atoms with Gasteiger partial charge < -0.3 is 25.7 Å². The van der Waals surface area contributed by atoms with Gasteiger partial charge in [0, 0.05) is 30.6 Å². The number of ether oxygens (including phenoxy) is 1. The maximum atomic E-state index is 14.7. The van der Waals surface area contributed by atoms with Gasteiger partial charge >= 0.3 is 6.18 Å². The Kier molecular flexibility index (Phi) is 12.5. The maximum Gasteiger partial charge on any atom is 0.418 e. The van der Waals surface area contributed by atoms with Crippen molar-refractivity contribution in [1.29, 1.82) is 0 Å². The number of para-hydroxylation sites is 1. The molecular weight excluding hydrogens is 696 g/mol. The number of carbonyl (C=O) groups is 4. The number of H-pyrrole nitrogens is 1. The molecule has 288 valence electrons. The molecule has 3 aromatic rings. The number of aromatic amines is 1. The normalized spacial score (nSPS) is 20.1. The van der Waals surface area contributed by atoms with Crippen LogP contribution in [-0.4, -0.2) is 77.5 Å². The van der Waals surface area contributed by atoms with Crippen molar-refractivity contribution >= 4 is 34.5 Å². The van der Waals surface area contributed by atoms with Crippen LogP contribution in [0.1, 0.15) is 69.3 Å². The summed E-state index contributed by atoms with van der Waals surface area (Å²) in [6, 6.07) is 7.47. The summed E-state index contributed by atoms with van der Waals surface area (Å²) in [6.07, 6.45) is -4.07. The van der Waals surface area contributed by atoms with Crippen molar-refractivity contribution in [2.24, 2.45) is 11.8 Å². The van der Waals surface area contributed by atoms with E-state index in [0.717, 1.165) is 6.07 Å². The highest BCUT2D eigenvalue weighted by molar-refractivity contribution is 5.98. The Bertz CT molecular complexity index is 1810. The number of morpholine rings is 1.